The molecular weight excluding hydrogens is 356 g/mol. The molecule has 3 rings (SSSR count). The number of para-hydroxylation sites is 1. The van der Waals surface area contributed by atoms with Gasteiger partial charge in [-0.25, -0.2) is 0 Å². The Kier molecular flexibility index (Phi) is 5.70. The topological polar surface area (TPSA) is 78.9 Å². The number of benzene rings is 2. The quantitative estimate of drug-likeness (QED) is 0.798. The van der Waals surface area contributed by atoms with Gasteiger partial charge >= 0.3 is 5.97 Å². The fourth-order valence-corrected chi connectivity index (χ4v) is 3.66. The first kappa shape index (κ1) is 19.9. The van der Waals surface area contributed by atoms with Crippen LogP contribution >= 0.6 is 0 Å². The number of hydrogen-bond donors (Lipinski definition) is 2. The lowest BCUT2D eigenvalue weighted by molar-refractivity contribution is -0.151. The number of rotatable bonds is 6. The third-order valence-corrected chi connectivity index (χ3v) is 5.55. The Morgan fingerprint density at radius 3 is 2.57 bits per heavy atom. The zero-order valence-corrected chi connectivity index (χ0v) is 16.5. The van der Waals surface area contributed by atoms with E-state index in [0.717, 1.165) is 11.3 Å². The number of likely N-dealkylation sites (tertiary alicyclic amines) is 1. The van der Waals surface area contributed by atoms with Gasteiger partial charge in [-0.05, 0) is 49.6 Å². The van der Waals surface area contributed by atoms with Gasteiger partial charge in [0, 0.05) is 25.9 Å². The summed E-state index contributed by atoms with van der Waals surface area (Å²) < 4.78 is 5.12. The van der Waals surface area contributed by atoms with Crippen LogP contribution in [0.3, 0.4) is 0 Å². The molecule has 148 valence electrons. The normalized spacial score (nSPS) is 18.9. The van der Waals surface area contributed by atoms with E-state index in [1.165, 1.54) is 12.7 Å². The smallest absolute Gasteiger partial charge is 0.313 e. The summed E-state index contributed by atoms with van der Waals surface area (Å²) in [5, 5.41) is 13.0. The van der Waals surface area contributed by atoms with Crippen molar-refractivity contribution in [1.82, 2.24) is 4.90 Å². The predicted molar refractivity (Wildman–Crippen MR) is 108 cm³/mol. The van der Waals surface area contributed by atoms with Crippen LogP contribution in [-0.2, 0) is 9.53 Å². The lowest BCUT2D eigenvalue weighted by Crippen LogP contribution is -2.40. The molecule has 0 saturated carbocycles. The van der Waals surface area contributed by atoms with E-state index in [1.54, 1.807) is 11.0 Å². The van der Waals surface area contributed by atoms with Crippen LogP contribution in [0.1, 0.15) is 27.9 Å². The molecule has 0 spiro atoms. The van der Waals surface area contributed by atoms with Crippen LogP contribution in [0.4, 0.5) is 11.4 Å². The molecule has 0 radical (unpaired) electrons. The van der Waals surface area contributed by atoms with E-state index < -0.39 is 11.4 Å². The maximum atomic E-state index is 13.2. The fourth-order valence-electron chi connectivity index (χ4n) is 3.66. The second-order valence-corrected chi connectivity index (χ2v) is 7.41. The number of carbonyl (C=O) groups excluding carboxylic acids is 1. The largest absolute Gasteiger partial charge is 0.481 e. The standard InChI is InChI=1S/C22H26N2O4/c1-15-7-6-10-18(16(15)2)23-19-9-5-4-8-17(19)20(25)24-12-11-22(13-24,14-28-3)21(26)27/h4-10,23H,11-14H2,1-3H3,(H,26,27). The summed E-state index contributed by atoms with van der Waals surface area (Å²) in [6.07, 6.45) is 0.383. The molecule has 1 aliphatic rings. The van der Waals surface area contributed by atoms with Gasteiger partial charge in [-0.3, -0.25) is 9.59 Å². The average molecular weight is 382 g/mol. The van der Waals surface area contributed by atoms with Crippen molar-refractivity contribution in [2.75, 3.05) is 32.1 Å². The van der Waals surface area contributed by atoms with Gasteiger partial charge in [-0.1, -0.05) is 24.3 Å². The van der Waals surface area contributed by atoms with Crippen molar-refractivity contribution in [1.29, 1.82) is 0 Å². The summed E-state index contributed by atoms with van der Waals surface area (Å²) in [5.41, 5.74) is 3.43. The maximum Gasteiger partial charge on any atom is 0.313 e. The highest BCUT2D eigenvalue weighted by atomic mass is 16.5. The zero-order valence-electron chi connectivity index (χ0n) is 16.5. The lowest BCUT2D eigenvalue weighted by Gasteiger charge is -2.24. The first-order valence-electron chi connectivity index (χ1n) is 9.32. The molecule has 6 heteroatoms. The first-order valence-corrected chi connectivity index (χ1v) is 9.32. The highest BCUT2D eigenvalue weighted by Crippen LogP contribution is 2.33. The molecule has 1 amide bonds. The average Bonchev–Trinajstić information content (AvgIpc) is 3.11. The Hall–Kier alpha value is -2.86. The number of nitrogens with zero attached hydrogens (tertiary/aromatic N) is 1. The first-order chi connectivity index (χ1) is 13.4. The van der Waals surface area contributed by atoms with Gasteiger partial charge in [0.2, 0.25) is 0 Å². The highest BCUT2D eigenvalue weighted by Gasteiger charge is 2.46. The van der Waals surface area contributed by atoms with Gasteiger partial charge < -0.3 is 20.1 Å². The van der Waals surface area contributed by atoms with E-state index in [4.69, 9.17) is 4.74 Å². The number of amides is 1. The summed E-state index contributed by atoms with van der Waals surface area (Å²) in [6, 6.07) is 13.3. The molecule has 28 heavy (non-hydrogen) atoms. The van der Waals surface area contributed by atoms with Crippen molar-refractivity contribution in [2.45, 2.75) is 20.3 Å². The van der Waals surface area contributed by atoms with Crippen molar-refractivity contribution in [3.63, 3.8) is 0 Å². The Balaban J connectivity index is 1.86. The van der Waals surface area contributed by atoms with Gasteiger partial charge in [0.1, 0.15) is 5.41 Å². The number of aliphatic carboxylic acids is 1. The third kappa shape index (κ3) is 3.73. The number of carboxylic acids is 1. The second-order valence-electron chi connectivity index (χ2n) is 7.41. The number of nitrogens with one attached hydrogen (secondary N) is 1. The van der Waals surface area contributed by atoms with E-state index in [9.17, 15) is 14.7 Å². The summed E-state index contributed by atoms with van der Waals surface area (Å²) >= 11 is 0. The molecule has 1 atom stereocenters. The summed E-state index contributed by atoms with van der Waals surface area (Å²) in [7, 11) is 1.48. The van der Waals surface area contributed by atoms with Crippen LogP contribution in [0.2, 0.25) is 0 Å². The number of aryl methyl sites for hydroxylation is 1. The minimum Gasteiger partial charge on any atom is -0.481 e. The molecule has 1 aliphatic heterocycles. The number of hydrogen-bond acceptors (Lipinski definition) is 4. The molecule has 2 aromatic carbocycles. The van der Waals surface area contributed by atoms with Crippen LogP contribution in [0, 0.1) is 19.3 Å². The van der Waals surface area contributed by atoms with Crippen LogP contribution in [0.5, 0.6) is 0 Å². The van der Waals surface area contributed by atoms with E-state index in [2.05, 4.69) is 5.32 Å². The minimum atomic E-state index is -1.04. The van der Waals surface area contributed by atoms with Crippen molar-refractivity contribution >= 4 is 23.3 Å². The predicted octanol–water partition coefficient (Wildman–Crippen LogP) is 3.61. The molecule has 1 saturated heterocycles. The summed E-state index contributed by atoms with van der Waals surface area (Å²) in [4.78, 5) is 26.5. The zero-order chi connectivity index (χ0) is 20.3. The molecule has 6 nitrogen and oxygen atoms in total. The van der Waals surface area contributed by atoms with Crippen LogP contribution in [-0.4, -0.2) is 48.7 Å². The molecule has 0 aliphatic carbocycles. The van der Waals surface area contributed by atoms with Gasteiger partial charge in [0.15, 0.2) is 0 Å². The van der Waals surface area contributed by atoms with Gasteiger partial charge in [-0.2, -0.15) is 0 Å². The third-order valence-electron chi connectivity index (χ3n) is 5.55. The Morgan fingerprint density at radius 2 is 1.86 bits per heavy atom. The maximum absolute atomic E-state index is 13.2. The van der Waals surface area contributed by atoms with Crippen molar-refractivity contribution < 1.29 is 19.4 Å². The SMILES string of the molecule is COCC1(C(=O)O)CCN(C(=O)c2ccccc2Nc2cccc(C)c2C)C1. The minimum absolute atomic E-state index is 0.0918. The summed E-state index contributed by atoms with van der Waals surface area (Å²) in [6.45, 7) is 4.71. The number of ether oxygens (including phenoxy) is 1. The van der Waals surface area contributed by atoms with E-state index in [0.29, 0.717) is 24.2 Å². The molecule has 1 heterocycles. The van der Waals surface area contributed by atoms with Crippen LogP contribution < -0.4 is 5.32 Å². The second kappa shape index (κ2) is 8.02. The molecule has 2 N–H and O–H groups in total. The van der Waals surface area contributed by atoms with Gasteiger partial charge in [0.25, 0.3) is 5.91 Å². The number of methoxy groups -OCH3 is 1. The van der Waals surface area contributed by atoms with Crippen molar-refractivity contribution in [3.8, 4) is 0 Å². The molecule has 1 unspecified atom stereocenters. The Labute approximate surface area is 165 Å². The fraction of sp³-hybridized carbons (Fsp3) is 0.364. The monoisotopic (exact) mass is 382 g/mol. The lowest BCUT2D eigenvalue weighted by atomic mass is 9.88. The molecule has 0 aromatic heterocycles. The number of carbonyl (C=O) groups is 2. The highest BCUT2D eigenvalue weighted by molar-refractivity contribution is 6.01. The summed E-state index contributed by atoms with van der Waals surface area (Å²) in [5.74, 6) is -1.10. The molecule has 1 fully saturated rings. The Bertz CT molecular complexity index is 896. The Morgan fingerprint density at radius 1 is 1.14 bits per heavy atom. The van der Waals surface area contributed by atoms with Crippen molar-refractivity contribution in [3.05, 3.63) is 59.2 Å². The van der Waals surface area contributed by atoms with Crippen molar-refractivity contribution in [2.24, 2.45) is 5.41 Å². The van der Waals surface area contributed by atoms with Crippen LogP contribution in [0.25, 0.3) is 0 Å². The van der Waals surface area contributed by atoms with E-state index in [1.807, 2.05) is 50.2 Å². The number of carboxylic acid groups (broad SMARTS) is 1. The van der Waals surface area contributed by atoms with Gasteiger partial charge in [0.05, 0.1) is 17.9 Å². The molecule has 0 bridgehead atoms. The van der Waals surface area contributed by atoms with Crippen LogP contribution in [0.15, 0.2) is 42.5 Å². The van der Waals surface area contributed by atoms with E-state index in [-0.39, 0.29) is 19.1 Å². The number of anilines is 2. The van der Waals surface area contributed by atoms with Gasteiger partial charge in [-0.15, -0.1) is 0 Å². The molecule has 2 aromatic rings. The van der Waals surface area contributed by atoms with E-state index >= 15 is 0 Å². The molecular formula is C22H26N2O4.